The zero-order valence-electron chi connectivity index (χ0n) is 15.2. The van der Waals surface area contributed by atoms with Crippen LogP contribution in [0.1, 0.15) is 37.0 Å². The maximum absolute atomic E-state index is 12.2. The van der Waals surface area contributed by atoms with E-state index in [1.54, 1.807) is 44.2 Å². The van der Waals surface area contributed by atoms with Crippen molar-refractivity contribution in [2.45, 2.75) is 32.2 Å². The van der Waals surface area contributed by atoms with E-state index in [2.05, 4.69) is 5.32 Å². The number of aliphatic carboxylic acids is 1. The van der Waals surface area contributed by atoms with Gasteiger partial charge in [-0.3, -0.25) is 15.5 Å². The Labute approximate surface area is 156 Å². The standard InChI is InChI=1S/C19H22N4O4/c1-3-12-11-14(7-10-16(12)23(26)27)19(4-2,18(24)25)22-15-8-5-13(6-9-15)17(20)21/h5-11,22H,3-4H2,1-2H3,(H3,20,21)(H,24,25). The quantitative estimate of drug-likeness (QED) is 0.243. The van der Waals surface area contributed by atoms with E-state index in [1.165, 1.54) is 12.1 Å². The number of aryl methyl sites for hydroxylation is 1. The second-order valence-electron chi connectivity index (χ2n) is 6.13. The van der Waals surface area contributed by atoms with E-state index >= 15 is 0 Å². The Morgan fingerprint density at radius 3 is 2.33 bits per heavy atom. The molecular formula is C19H22N4O4. The molecule has 0 saturated carbocycles. The van der Waals surface area contributed by atoms with Gasteiger partial charge >= 0.3 is 5.97 Å². The Morgan fingerprint density at radius 1 is 1.26 bits per heavy atom. The molecule has 2 aromatic rings. The first-order valence-corrected chi connectivity index (χ1v) is 8.49. The van der Waals surface area contributed by atoms with Crippen molar-refractivity contribution in [1.82, 2.24) is 0 Å². The van der Waals surface area contributed by atoms with Gasteiger partial charge in [-0.05, 0) is 54.8 Å². The van der Waals surface area contributed by atoms with Crippen molar-refractivity contribution in [3.8, 4) is 0 Å². The number of anilines is 1. The lowest BCUT2D eigenvalue weighted by Crippen LogP contribution is -2.43. The number of amidine groups is 1. The maximum Gasteiger partial charge on any atom is 0.334 e. The average molecular weight is 370 g/mol. The number of benzene rings is 2. The van der Waals surface area contributed by atoms with Crippen LogP contribution in [0.4, 0.5) is 11.4 Å². The third-order valence-corrected chi connectivity index (χ3v) is 4.60. The lowest BCUT2D eigenvalue weighted by molar-refractivity contribution is -0.385. The second-order valence-corrected chi connectivity index (χ2v) is 6.13. The lowest BCUT2D eigenvalue weighted by atomic mass is 9.85. The van der Waals surface area contributed by atoms with E-state index in [9.17, 15) is 20.0 Å². The Balaban J connectivity index is 2.52. The summed E-state index contributed by atoms with van der Waals surface area (Å²) in [7, 11) is 0. The molecule has 0 bridgehead atoms. The summed E-state index contributed by atoms with van der Waals surface area (Å²) in [6, 6.07) is 11.0. The molecule has 27 heavy (non-hydrogen) atoms. The van der Waals surface area contributed by atoms with Crippen LogP contribution in [0.5, 0.6) is 0 Å². The molecule has 2 aromatic carbocycles. The molecule has 0 radical (unpaired) electrons. The van der Waals surface area contributed by atoms with E-state index in [4.69, 9.17) is 11.1 Å². The number of nitro benzene ring substituents is 1. The first-order chi connectivity index (χ1) is 12.7. The van der Waals surface area contributed by atoms with Gasteiger partial charge in [-0.25, -0.2) is 4.79 Å². The van der Waals surface area contributed by atoms with Crippen molar-refractivity contribution in [3.05, 3.63) is 69.3 Å². The molecule has 0 aliphatic rings. The predicted molar refractivity (Wildman–Crippen MR) is 103 cm³/mol. The number of nitro groups is 1. The summed E-state index contributed by atoms with van der Waals surface area (Å²) in [5.74, 6) is -1.17. The summed E-state index contributed by atoms with van der Waals surface area (Å²) in [5.41, 5.74) is 5.96. The molecule has 0 spiro atoms. The predicted octanol–water partition coefficient (Wildman–Crippen LogP) is 3.24. The third kappa shape index (κ3) is 3.89. The van der Waals surface area contributed by atoms with Crippen LogP contribution in [0.15, 0.2) is 42.5 Å². The van der Waals surface area contributed by atoms with Crippen LogP contribution in [0.25, 0.3) is 0 Å². The summed E-state index contributed by atoms with van der Waals surface area (Å²) in [6.45, 7) is 3.52. The Kier molecular flexibility index (Phi) is 5.79. The number of nitrogens with zero attached hydrogens (tertiary/aromatic N) is 1. The van der Waals surface area contributed by atoms with Crippen LogP contribution in [0.3, 0.4) is 0 Å². The molecule has 2 rings (SSSR count). The number of rotatable bonds is 8. The normalized spacial score (nSPS) is 12.8. The van der Waals surface area contributed by atoms with Crippen LogP contribution in [0, 0.1) is 15.5 Å². The van der Waals surface area contributed by atoms with Crippen LogP contribution >= 0.6 is 0 Å². The molecule has 0 aliphatic carbocycles. The van der Waals surface area contributed by atoms with Crippen LogP contribution in [-0.4, -0.2) is 21.8 Å². The first-order valence-electron chi connectivity index (χ1n) is 8.49. The minimum absolute atomic E-state index is 0.0255. The van der Waals surface area contributed by atoms with Crippen LogP contribution < -0.4 is 11.1 Å². The van der Waals surface area contributed by atoms with E-state index in [-0.39, 0.29) is 17.9 Å². The molecule has 1 atom stereocenters. The summed E-state index contributed by atoms with van der Waals surface area (Å²) >= 11 is 0. The smallest absolute Gasteiger partial charge is 0.334 e. The molecule has 0 amide bonds. The van der Waals surface area contributed by atoms with Gasteiger partial charge in [0, 0.05) is 22.9 Å². The number of carboxylic acids is 1. The second kappa shape index (κ2) is 7.86. The van der Waals surface area contributed by atoms with Crippen molar-refractivity contribution in [2.75, 3.05) is 5.32 Å². The first kappa shape index (κ1) is 19.9. The van der Waals surface area contributed by atoms with Gasteiger partial charge in [-0.1, -0.05) is 13.8 Å². The number of carboxylic acid groups (broad SMARTS) is 1. The Hall–Kier alpha value is -3.42. The van der Waals surface area contributed by atoms with Crippen molar-refractivity contribution >= 4 is 23.2 Å². The summed E-state index contributed by atoms with van der Waals surface area (Å²) < 4.78 is 0. The molecule has 0 heterocycles. The minimum Gasteiger partial charge on any atom is -0.479 e. The molecular weight excluding hydrogens is 348 g/mol. The highest BCUT2D eigenvalue weighted by molar-refractivity contribution is 5.95. The summed E-state index contributed by atoms with van der Waals surface area (Å²) in [5, 5.41) is 31.6. The highest BCUT2D eigenvalue weighted by Crippen LogP contribution is 2.33. The zero-order chi connectivity index (χ0) is 20.2. The Morgan fingerprint density at radius 2 is 1.89 bits per heavy atom. The van der Waals surface area contributed by atoms with Crippen LogP contribution in [0.2, 0.25) is 0 Å². The summed E-state index contributed by atoms with van der Waals surface area (Å²) in [6.07, 6.45) is 0.634. The molecule has 0 saturated heterocycles. The molecule has 8 nitrogen and oxygen atoms in total. The van der Waals surface area contributed by atoms with Gasteiger partial charge in [0.05, 0.1) is 4.92 Å². The van der Waals surface area contributed by atoms with E-state index in [0.29, 0.717) is 28.8 Å². The summed E-state index contributed by atoms with van der Waals surface area (Å²) in [4.78, 5) is 22.9. The van der Waals surface area contributed by atoms with E-state index in [0.717, 1.165) is 0 Å². The highest BCUT2D eigenvalue weighted by Gasteiger charge is 2.39. The number of hydrogen-bond donors (Lipinski definition) is 4. The number of nitrogens with one attached hydrogen (secondary N) is 2. The van der Waals surface area contributed by atoms with Gasteiger partial charge in [0.15, 0.2) is 5.54 Å². The Bertz CT molecular complexity index is 880. The molecule has 142 valence electrons. The van der Waals surface area contributed by atoms with Gasteiger partial charge in [0.1, 0.15) is 5.84 Å². The van der Waals surface area contributed by atoms with Gasteiger partial charge < -0.3 is 16.2 Å². The van der Waals surface area contributed by atoms with Gasteiger partial charge in [0.2, 0.25) is 0 Å². The number of nitrogen functional groups attached to an aromatic ring is 1. The lowest BCUT2D eigenvalue weighted by Gasteiger charge is -2.31. The average Bonchev–Trinajstić information content (AvgIpc) is 2.65. The number of nitrogens with two attached hydrogens (primary N) is 1. The largest absolute Gasteiger partial charge is 0.479 e. The molecule has 0 fully saturated rings. The number of carbonyl (C=O) groups is 1. The molecule has 1 unspecified atom stereocenters. The topological polar surface area (TPSA) is 142 Å². The van der Waals surface area contributed by atoms with Crippen molar-refractivity contribution in [3.63, 3.8) is 0 Å². The zero-order valence-corrected chi connectivity index (χ0v) is 15.2. The van der Waals surface area contributed by atoms with Crippen molar-refractivity contribution < 1.29 is 14.8 Å². The van der Waals surface area contributed by atoms with Gasteiger partial charge in [-0.15, -0.1) is 0 Å². The van der Waals surface area contributed by atoms with E-state index < -0.39 is 16.4 Å². The molecule has 0 aliphatic heterocycles. The monoisotopic (exact) mass is 370 g/mol. The highest BCUT2D eigenvalue weighted by atomic mass is 16.6. The molecule has 0 aromatic heterocycles. The molecule has 5 N–H and O–H groups in total. The SMILES string of the molecule is CCc1cc(C(CC)(Nc2ccc(C(=N)N)cc2)C(=O)O)ccc1[N+](=O)[O-]. The van der Waals surface area contributed by atoms with Crippen LogP contribution in [-0.2, 0) is 16.8 Å². The van der Waals surface area contributed by atoms with Crippen molar-refractivity contribution in [1.29, 1.82) is 5.41 Å². The van der Waals surface area contributed by atoms with Gasteiger partial charge in [-0.2, -0.15) is 0 Å². The van der Waals surface area contributed by atoms with E-state index in [1.807, 2.05) is 0 Å². The fourth-order valence-electron chi connectivity index (χ4n) is 2.98. The third-order valence-electron chi connectivity index (χ3n) is 4.60. The fourth-order valence-corrected chi connectivity index (χ4v) is 2.98. The minimum atomic E-state index is -1.45. The maximum atomic E-state index is 12.2. The fraction of sp³-hybridized carbons (Fsp3) is 0.263. The number of hydrogen-bond acceptors (Lipinski definition) is 5. The molecule has 8 heteroatoms. The van der Waals surface area contributed by atoms with Gasteiger partial charge in [0.25, 0.3) is 5.69 Å². The van der Waals surface area contributed by atoms with Crippen molar-refractivity contribution in [2.24, 2.45) is 5.73 Å².